The highest BCUT2D eigenvalue weighted by Gasteiger charge is 2.34. The van der Waals surface area contributed by atoms with E-state index in [0.29, 0.717) is 31.1 Å². The standard InChI is InChI=1S/C22H23BrN4O3/c1-14-12-18-20(22(28)27(14)7-6-26-8-10-29-11-9-26)19(17(13-24)21(25)30-18)15-2-4-16(23)5-3-15/h2-5,12,19H,6-11,25H2,1H3. The summed E-state index contributed by atoms with van der Waals surface area (Å²) in [4.78, 5) is 15.9. The topological polar surface area (TPSA) is 93.5 Å². The number of nitrogens with two attached hydrogens (primary N) is 1. The molecular weight excluding hydrogens is 448 g/mol. The molecule has 1 aromatic heterocycles. The number of ether oxygens (including phenoxy) is 2. The fourth-order valence-corrected chi connectivity index (χ4v) is 4.28. The zero-order valence-electron chi connectivity index (χ0n) is 16.7. The second-order valence-electron chi connectivity index (χ2n) is 7.45. The molecule has 1 fully saturated rings. The molecule has 0 radical (unpaired) electrons. The van der Waals surface area contributed by atoms with Gasteiger partial charge in [-0.3, -0.25) is 9.69 Å². The number of aryl methyl sites for hydroxylation is 1. The van der Waals surface area contributed by atoms with Gasteiger partial charge in [-0.15, -0.1) is 0 Å². The van der Waals surface area contributed by atoms with E-state index < -0.39 is 5.92 Å². The summed E-state index contributed by atoms with van der Waals surface area (Å²) in [5, 5.41) is 9.76. The van der Waals surface area contributed by atoms with Crippen molar-refractivity contribution in [3.8, 4) is 11.8 Å². The number of rotatable bonds is 4. The second-order valence-corrected chi connectivity index (χ2v) is 8.37. The van der Waals surface area contributed by atoms with E-state index >= 15 is 0 Å². The lowest BCUT2D eigenvalue weighted by Crippen LogP contribution is -2.40. The van der Waals surface area contributed by atoms with Crippen molar-refractivity contribution < 1.29 is 9.47 Å². The van der Waals surface area contributed by atoms with E-state index in [0.717, 1.165) is 35.4 Å². The monoisotopic (exact) mass is 470 g/mol. The number of hydrogen-bond acceptors (Lipinski definition) is 6. The molecule has 7 nitrogen and oxygen atoms in total. The third-order valence-electron chi connectivity index (χ3n) is 5.64. The number of benzene rings is 1. The highest BCUT2D eigenvalue weighted by Crippen LogP contribution is 2.40. The SMILES string of the molecule is Cc1cc2c(c(=O)n1CCN1CCOCC1)C(c1ccc(Br)cc1)C(C#N)=C(N)O2. The molecule has 1 unspecified atom stereocenters. The summed E-state index contributed by atoms with van der Waals surface area (Å²) in [6.45, 7) is 6.36. The van der Waals surface area contributed by atoms with Gasteiger partial charge < -0.3 is 19.8 Å². The highest BCUT2D eigenvalue weighted by molar-refractivity contribution is 9.10. The van der Waals surface area contributed by atoms with Crippen molar-refractivity contribution in [3.05, 3.63) is 73.4 Å². The lowest BCUT2D eigenvalue weighted by Gasteiger charge is -2.29. The maximum atomic E-state index is 13.6. The first-order valence-corrected chi connectivity index (χ1v) is 10.7. The number of nitrogens with zero attached hydrogens (tertiary/aromatic N) is 3. The molecule has 0 amide bonds. The summed E-state index contributed by atoms with van der Waals surface area (Å²) < 4.78 is 13.8. The Morgan fingerprint density at radius 1 is 1.23 bits per heavy atom. The normalized spacial score (nSPS) is 19.2. The van der Waals surface area contributed by atoms with Crippen molar-refractivity contribution in [3.63, 3.8) is 0 Å². The number of morpholine rings is 1. The molecule has 4 rings (SSSR count). The Labute approximate surface area is 183 Å². The summed E-state index contributed by atoms with van der Waals surface area (Å²) in [6.07, 6.45) is 0. The minimum Gasteiger partial charge on any atom is -0.440 e. The first-order valence-electron chi connectivity index (χ1n) is 9.87. The lowest BCUT2D eigenvalue weighted by atomic mass is 9.84. The molecule has 1 atom stereocenters. The minimum atomic E-state index is -0.561. The van der Waals surface area contributed by atoms with Gasteiger partial charge in [0.25, 0.3) is 5.56 Å². The summed E-state index contributed by atoms with van der Waals surface area (Å²) in [5.41, 5.74) is 8.24. The van der Waals surface area contributed by atoms with Gasteiger partial charge in [0, 0.05) is 42.4 Å². The smallest absolute Gasteiger partial charge is 0.258 e. The average molecular weight is 471 g/mol. The van der Waals surface area contributed by atoms with Crippen LogP contribution in [0.1, 0.15) is 22.7 Å². The van der Waals surface area contributed by atoms with E-state index in [1.165, 1.54) is 0 Å². The summed E-state index contributed by atoms with van der Waals surface area (Å²) in [7, 11) is 0. The van der Waals surface area contributed by atoms with Gasteiger partial charge >= 0.3 is 0 Å². The number of halogens is 1. The summed E-state index contributed by atoms with van der Waals surface area (Å²) >= 11 is 3.43. The van der Waals surface area contributed by atoms with Gasteiger partial charge in [0.2, 0.25) is 5.88 Å². The lowest BCUT2D eigenvalue weighted by molar-refractivity contribution is 0.0362. The summed E-state index contributed by atoms with van der Waals surface area (Å²) in [6, 6.07) is 11.6. The molecule has 8 heteroatoms. The molecule has 156 valence electrons. The largest absolute Gasteiger partial charge is 0.440 e. The van der Waals surface area contributed by atoms with Crippen LogP contribution in [0.5, 0.6) is 5.75 Å². The molecule has 2 aliphatic rings. The van der Waals surface area contributed by atoms with Crippen LogP contribution in [0, 0.1) is 18.3 Å². The number of allylic oxidation sites excluding steroid dienone is 1. The fourth-order valence-electron chi connectivity index (χ4n) is 4.02. The molecule has 3 heterocycles. The van der Waals surface area contributed by atoms with Crippen LogP contribution in [0.15, 0.2) is 51.1 Å². The van der Waals surface area contributed by atoms with E-state index in [1.54, 1.807) is 4.57 Å². The van der Waals surface area contributed by atoms with Crippen molar-refractivity contribution in [2.75, 3.05) is 32.8 Å². The van der Waals surface area contributed by atoms with Crippen molar-refractivity contribution in [1.29, 1.82) is 5.26 Å². The number of pyridine rings is 1. The highest BCUT2D eigenvalue weighted by atomic mass is 79.9. The van der Waals surface area contributed by atoms with Crippen molar-refractivity contribution >= 4 is 15.9 Å². The Balaban J connectivity index is 1.77. The number of aromatic nitrogens is 1. The van der Waals surface area contributed by atoms with Gasteiger partial charge in [-0.1, -0.05) is 28.1 Å². The van der Waals surface area contributed by atoms with E-state index in [1.807, 2.05) is 37.3 Å². The van der Waals surface area contributed by atoms with Crippen LogP contribution in [0.4, 0.5) is 0 Å². The third-order valence-corrected chi connectivity index (χ3v) is 6.17. The summed E-state index contributed by atoms with van der Waals surface area (Å²) in [5.74, 6) is -0.0955. The van der Waals surface area contributed by atoms with Crippen molar-refractivity contribution in [2.24, 2.45) is 5.73 Å². The second kappa shape index (κ2) is 8.64. The van der Waals surface area contributed by atoms with E-state index in [9.17, 15) is 10.1 Å². The predicted molar refractivity (Wildman–Crippen MR) is 116 cm³/mol. The molecule has 0 bridgehead atoms. The maximum absolute atomic E-state index is 13.6. The maximum Gasteiger partial charge on any atom is 0.258 e. The average Bonchev–Trinajstić information content (AvgIpc) is 2.74. The van der Waals surface area contributed by atoms with Gasteiger partial charge in [0.15, 0.2) is 0 Å². The van der Waals surface area contributed by atoms with Crippen LogP contribution >= 0.6 is 15.9 Å². The fraction of sp³-hybridized carbons (Fsp3) is 0.364. The zero-order chi connectivity index (χ0) is 21.3. The number of hydrogen-bond donors (Lipinski definition) is 1. The molecule has 30 heavy (non-hydrogen) atoms. The van der Waals surface area contributed by atoms with Gasteiger partial charge in [0.05, 0.1) is 24.7 Å². The van der Waals surface area contributed by atoms with Crippen LogP contribution < -0.4 is 16.0 Å². The minimum absolute atomic E-state index is 0.0442. The Kier molecular flexibility index (Phi) is 5.95. The number of nitriles is 1. The van der Waals surface area contributed by atoms with Crippen LogP contribution in [0.2, 0.25) is 0 Å². The first kappa shape index (κ1) is 20.7. The van der Waals surface area contributed by atoms with E-state index in [2.05, 4.69) is 26.9 Å². The van der Waals surface area contributed by atoms with E-state index in [4.69, 9.17) is 15.2 Å². The molecule has 2 N–H and O–H groups in total. The predicted octanol–water partition coefficient (Wildman–Crippen LogP) is 2.47. The molecule has 2 aromatic rings. The first-order chi connectivity index (χ1) is 14.5. The van der Waals surface area contributed by atoms with E-state index in [-0.39, 0.29) is 17.0 Å². The van der Waals surface area contributed by atoms with Crippen LogP contribution in [0.25, 0.3) is 0 Å². The van der Waals surface area contributed by atoms with Crippen LogP contribution in [-0.2, 0) is 11.3 Å². The van der Waals surface area contributed by atoms with Crippen LogP contribution in [0.3, 0.4) is 0 Å². The van der Waals surface area contributed by atoms with Crippen molar-refractivity contribution in [2.45, 2.75) is 19.4 Å². The molecule has 2 aliphatic heterocycles. The van der Waals surface area contributed by atoms with Gasteiger partial charge in [-0.05, 0) is 24.6 Å². The molecule has 0 spiro atoms. The van der Waals surface area contributed by atoms with Crippen LogP contribution in [-0.4, -0.2) is 42.3 Å². The van der Waals surface area contributed by atoms with Gasteiger partial charge in [-0.2, -0.15) is 5.26 Å². The van der Waals surface area contributed by atoms with Gasteiger partial charge in [-0.25, -0.2) is 0 Å². The quantitative estimate of drug-likeness (QED) is 0.737. The molecule has 1 saturated heterocycles. The Morgan fingerprint density at radius 3 is 2.60 bits per heavy atom. The molecule has 0 saturated carbocycles. The zero-order valence-corrected chi connectivity index (χ0v) is 18.3. The molecular formula is C22H23BrN4O3. The molecule has 0 aliphatic carbocycles. The third kappa shape index (κ3) is 3.88. The van der Waals surface area contributed by atoms with Crippen molar-refractivity contribution in [1.82, 2.24) is 9.47 Å². The Hall–Kier alpha value is -2.60. The number of fused-ring (bicyclic) bond motifs is 1. The van der Waals surface area contributed by atoms with Gasteiger partial charge in [0.1, 0.15) is 17.4 Å². The Bertz CT molecular complexity index is 1080. The Morgan fingerprint density at radius 2 is 1.93 bits per heavy atom. The molecule has 1 aromatic carbocycles.